The molecule has 5 nitrogen and oxygen atoms in total. The fraction of sp³-hybridized carbons (Fsp3) is 0.923. The Labute approximate surface area is 110 Å². The molecule has 5 heteroatoms. The number of hydrogen-bond acceptors (Lipinski definition) is 4. The van der Waals surface area contributed by atoms with Crippen LogP contribution in [0.25, 0.3) is 0 Å². The lowest BCUT2D eigenvalue weighted by atomic mass is 10.1. The summed E-state index contributed by atoms with van der Waals surface area (Å²) in [6.45, 7) is 10.2. The van der Waals surface area contributed by atoms with Crippen molar-refractivity contribution in [2.45, 2.75) is 58.3 Å². The van der Waals surface area contributed by atoms with Gasteiger partial charge in [-0.1, -0.05) is 0 Å². The maximum atomic E-state index is 11.8. The van der Waals surface area contributed by atoms with E-state index in [0.717, 1.165) is 6.54 Å². The van der Waals surface area contributed by atoms with Crippen molar-refractivity contribution >= 4 is 5.91 Å². The van der Waals surface area contributed by atoms with Crippen molar-refractivity contribution in [3.63, 3.8) is 0 Å². The lowest BCUT2D eigenvalue weighted by Crippen LogP contribution is -2.55. The summed E-state index contributed by atoms with van der Waals surface area (Å²) in [5.41, 5.74) is 5.83. The van der Waals surface area contributed by atoms with Gasteiger partial charge in [0, 0.05) is 37.6 Å². The number of ether oxygens (including phenoxy) is 1. The van der Waals surface area contributed by atoms with Crippen LogP contribution in [-0.4, -0.2) is 54.7 Å². The number of nitrogens with two attached hydrogens (primary N) is 1. The van der Waals surface area contributed by atoms with Gasteiger partial charge in [0.2, 0.25) is 5.91 Å². The SMILES string of the molecule is CC(C)NC(=O)CC(CN)N1CC(C)OCC1C. The topological polar surface area (TPSA) is 67.6 Å². The van der Waals surface area contributed by atoms with E-state index in [1.165, 1.54) is 0 Å². The highest BCUT2D eigenvalue weighted by Gasteiger charge is 2.30. The number of amides is 1. The van der Waals surface area contributed by atoms with E-state index in [1.54, 1.807) is 0 Å². The van der Waals surface area contributed by atoms with Gasteiger partial charge in [-0.05, 0) is 27.7 Å². The number of carbonyl (C=O) groups excluding carboxylic acids is 1. The maximum absolute atomic E-state index is 11.8. The Balaban J connectivity index is 2.56. The Morgan fingerprint density at radius 2 is 2.17 bits per heavy atom. The largest absolute Gasteiger partial charge is 0.376 e. The van der Waals surface area contributed by atoms with Gasteiger partial charge >= 0.3 is 0 Å². The lowest BCUT2D eigenvalue weighted by Gasteiger charge is -2.41. The highest BCUT2D eigenvalue weighted by atomic mass is 16.5. The molecule has 0 aromatic carbocycles. The van der Waals surface area contributed by atoms with Gasteiger partial charge in [-0.25, -0.2) is 0 Å². The number of carbonyl (C=O) groups is 1. The van der Waals surface area contributed by atoms with Crippen molar-refractivity contribution in [1.29, 1.82) is 0 Å². The molecule has 1 rings (SSSR count). The second-order valence-electron chi connectivity index (χ2n) is 5.51. The number of morpholine rings is 1. The quantitative estimate of drug-likeness (QED) is 0.745. The Morgan fingerprint density at radius 1 is 1.50 bits per heavy atom. The molecular weight excluding hydrogens is 230 g/mol. The van der Waals surface area contributed by atoms with E-state index in [9.17, 15) is 4.79 Å². The summed E-state index contributed by atoms with van der Waals surface area (Å²) >= 11 is 0. The molecule has 1 aliphatic rings. The van der Waals surface area contributed by atoms with Crippen LogP contribution in [0.4, 0.5) is 0 Å². The minimum Gasteiger partial charge on any atom is -0.376 e. The smallest absolute Gasteiger partial charge is 0.221 e. The van der Waals surface area contributed by atoms with Gasteiger partial charge in [0.25, 0.3) is 0 Å². The molecule has 1 amide bonds. The molecular formula is C13H27N3O2. The molecule has 106 valence electrons. The zero-order valence-corrected chi connectivity index (χ0v) is 12.0. The molecule has 3 unspecified atom stereocenters. The van der Waals surface area contributed by atoms with Gasteiger partial charge in [0.15, 0.2) is 0 Å². The third-order valence-electron chi connectivity index (χ3n) is 3.27. The van der Waals surface area contributed by atoms with Crippen molar-refractivity contribution in [1.82, 2.24) is 10.2 Å². The van der Waals surface area contributed by atoms with Crippen LogP contribution in [0.3, 0.4) is 0 Å². The molecule has 0 radical (unpaired) electrons. The second-order valence-corrected chi connectivity index (χ2v) is 5.51. The summed E-state index contributed by atoms with van der Waals surface area (Å²) in [7, 11) is 0. The predicted molar refractivity (Wildman–Crippen MR) is 72.3 cm³/mol. The normalized spacial score (nSPS) is 27.2. The van der Waals surface area contributed by atoms with Crippen LogP contribution in [0.5, 0.6) is 0 Å². The molecule has 0 aromatic heterocycles. The highest BCUT2D eigenvalue weighted by Crippen LogP contribution is 2.16. The Morgan fingerprint density at radius 3 is 2.72 bits per heavy atom. The zero-order chi connectivity index (χ0) is 13.7. The van der Waals surface area contributed by atoms with Crippen LogP contribution in [0, 0.1) is 0 Å². The average molecular weight is 257 g/mol. The molecule has 1 fully saturated rings. The second kappa shape index (κ2) is 7.07. The van der Waals surface area contributed by atoms with Crippen molar-refractivity contribution in [3.05, 3.63) is 0 Å². The number of nitrogens with one attached hydrogen (secondary N) is 1. The first-order valence-corrected chi connectivity index (χ1v) is 6.80. The van der Waals surface area contributed by atoms with Crippen molar-refractivity contribution < 1.29 is 9.53 Å². The molecule has 18 heavy (non-hydrogen) atoms. The number of rotatable bonds is 5. The highest BCUT2D eigenvalue weighted by molar-refractivity contribution is 5.76. The van der Waals surface area contributed by atoms with Crippen molar-refractivity contribution in [3.8, 4) is 0 Å². The van der Waals surface area contributed by atoms with Crippen LogP contribution in [0.1, 0.15) is 34.1 Å². The van der Waals surface area contributed by atoms with E-state index in [0.29, 0.717) is 25.6 Å². The van der Waals surface area contributed by atoms with Gasteiger partial charge in [0.1, 0.15) is 0 Å². The Hall–Kier alpha value is -0.650. The Bertz CT molecular complexity index is 271. The van der Waals surface area contributed by atoms with Gasteiger partial charge < -0.3 is 15.8 Å². The van der Waals surface area contributed by atoms with Gasteiger partial charge in [-0.2, -0.15) is 0 Å². The molecule has 0 spiro atoms. The van der Waals surface area contributed by atoms with E-state index < -0.39 is 0 Å². The first kappa shape index (κ1) is 15.4. The van der Waals surface area contributed by atoms with Gasteiger partial charge in [-0.3, -0.25) is 9.69 Å². The van der Waals surface area contributed by atoms with E-state index in [-0.39, 0.29) is 24.1 Å². The summed E-state index contributed by atoms with van der Waals surface area (Å²) in [5.74, 6) is 0.0757. The molecule has 1 saturated heterocycles. The van der Waals surface area contributed by atoms with Crippen LogP contribution in [-0.2, 0) is 9.53 Å². The summed E-state index contributed by atoms with van der Waals surface area (Å²) in [5, 5.41) is 2.92. The molecule has 0 saturated carbocycles. The van der Waals surface area contributed by atoms with E-state index in [2.05, 4.69) is 24.1 Å². The van der Waals surface area contributed by atoms with Crippen LogP contribution in [0.15, 0.2) is 0 Å². The van der Waals surface area contributed by atoms with Crippen molar-refractivity contribution in [2.75, 3.05) is 19.7 Å². The molecule has 1 heterocycles. The average Bonchev–Trinajstić information content (AvgIpc) is 2.28. The van der Waals surface area contributed by atoms with E-state index in [1.807, 2.05) is 13.8 Å². The third kappa shape index (κ3) is 4.55. The lowest BCUT2D eigenvalue weighted by molar-refractivity contribution is -0.124. The third-order valence-corrected chi connectivity index (χ3v) is 3.27. The molecule has 0 aliphatic carbocycles. The molecule has 0 bridgehead atoms. The molecule has 0 aromatic rings. The number of hydrogen-bond donors (Lipinski definition) is 2. The Kier molecular flexibility index (Phi) is 6.05. The van der Waals surface area contributed by atoms with Crippen molar-refractivity contribution in [2.24, 2.45) is 5.73 Å². The minimum atomic E-state index is 0.0757. The van der Waals surface area contributed by atoms with E-state index in [4.69, 9.17) is 10.5 Å². The monoisotopic (exact) mass is 257 g/mol. The van der Waals surface area contributed by atoms with Crippen LogP contribution >= 0.6 is 0 Å². The fourth-order valence-electron chi connectivity index (χ4n) is 2.37. The number of nitrogens with zero attached hydrogens (tertiary/aromatic N) is 1. The summed E-state index contributed by atoms with van der Waals surface area (Å²) in [6.07, 6.45) is 0.676. The van der Waals surface area contributed by atoms with Gasteiger partial charge in [-0.15, -0.1) is 0 Å². The summed E-state index contributed by atoms with van der Waals surface area (Å²) in [4.78, 5) is 14.1. The van der Waals surface area contributed by atoms with E-state index >= 15 is 0 Å². The fourth-order valence-corrected chi connectivity index (χ4v) is 2.37. The standard InChI is InChI=1S/C13H27N3O2/c1-9(2)15-13(17)5-12(6-14)16-7-11(4)18-8-10(16)3/h9-12H,5-8,14H2,1-4H3,(H,15,17). The molecule has 3 N–H and O–H groups in total. The summed E-state index contributed by atoms with van der Waals surface area (Å²) in [6, 6.07) is 0.601. The first-order chi connectivity index (χ1) is 8.43. The predicted octanol–water partition coefficient (Wildman–Crippen LogP) is 0.338. The minimum absolute atomic E-state index is 0.0757. The van der Waals surface area contributed by atoms with Crippen LogP contribution < -0.4 is 11.1 Å². The molecule has 1 aliphatic heterocycles. The zero-order valence-electron chi connectivity index (χ0n) is 12.0. The summed E-state index contributed by atoms with van der Waals surface area (Å²) < 4.78 is 5.60. The molecule has 3 atom stereocenters. The van der Waals surface area contributed by atoms with Gasteiger partial charge in [0.05, 0.1) is 12.7 Å². The maximum Gasteiger partial charge on any atom is 0.221 e. The first-order valence-electron chi connectivity index (χ1n) is 6.80. The van der Waals surface area contributed by atoms with Crippen LogP contribution in [0.2, 0.25) is 0 Å².